The summed E-state index contributed by atoms with van der Waals surface area (Å²) in [4.78, 5) is 11.4. The fourth-order valence-electron chi connectivity index (χ4n) is 1.53. The molecule has 0 spiro atoms. The van der Waals surface area contributed by atoms with Crippen molar-refractivity contribution in [3.63, 3.8) is 0 Å². The van der Waals surface area contributed by atoms with Gasteiger partial charge in [0.25, 0.3) is 5.91 Å². The molecule has 1 fully saturated rings. The van der Waals surface area contributed by atoms with E-state index in [9.17, 15) is 13.2 Å². The van der Waals surface area contributed by atoms with E-state index in [4.69, 9.17) is 0 Å². The molecule has 1 amide bonds. The Morgan fingerprint density at radius 2 is 2.08 bits per heavy atom. The molecule has 1 rings (SSSR count). The van der Waals surface area contributed by atoms with Crippen molar-refractivity contribution in [1.82, 2.24) is 4.31 Å². The first-order valence-corrected chi connectivity index (χ1v) is 5.65. The highest BCUT2D eigenvalue weighted by atomic mass is 32.2. The fourth-order valence-corrected chi connectivity index (χ4v) is 3.22. The van der Waals surface area contributed by atoms with Crippen LogP contribution in [0.4, 0.5) is 0 Å². The Hall–Kier alpha value is -0.840. The molecule has 1 heterocycles. The van der Waals surface area contributed by atoms with Crippen LogP contribution in [0.1, 0.15) is 20.3 Å². The maximum Gasteiger partial charge on any atom is 0.264 e. The lowest BCUT2D eigenvalue weighted by Gasteiger charge is -2.08. The standard InChI is InChI=1S/C8H13NO3S/c1-4-6-7(5-2)13(11,12)9(3)8(6)10/h4,7H,5H2,1-3H3/b6-4-. The third kappa shape index (κ3) is 1.27. The van der Waals surface area contributed by atoms with Gasteiger partial charge in [-0.25, -0.2) is 12.7 Å². The highest BCUT2D eigenvalue weighted by Crippen LogP contribution is 2.28. The first-order valence-electron chi connectivity index (χ1n) is 4.15. The van der Waals surface area contributed by atoms with E-state index < -0.39 is 21.2 Å². The van der Waals surface area contributed by atoms with Crippen LogP contribution in [-0.4, -0.2) is 30.9 Å². The summed E-state index contributed by atoms with van der Waals surface area (Å²) in [6.45, 7) is 3.45. The molecule has 5 heteroatoms. The summed E-state index contributed by atoms with van der Waals surface area (Å²) in [5.41, 5.74) is 0.394. The molecule has 4 nitrogen and oxygen atoms in total. The Balaban J connectivity index is 3.29. The number of hydrogen-bond donors (Lipinski definition) is 0. The van der Waals surface area contributed by atoms with Crippen LogP contribution in [-0.2, 0) is 14.8 Å². The number of hydrogen-bond acceptors (Lipinski definition) is 3. The topological polar surface area (TPSA) is 54.5 Å². The molecule has 0 N–H and O–H groups in total. The van der Waals surface area contributed by atoms with Gasteiger partial charge in [0.1, 0.15) is 5.25 Å². The van der Waals surface area contributed by atoms with Gasteiger partial charge in [0.15, 0.2) is 0 Å². The van der Waals surface area contributed by atoms with E-state index in [1.807, 2.05) is 0 Å². The van der Waals surface area contributed by atoms with Gasteiger partial charge in [-0.05, 0) is 13.3 Å². The monoisotopic (exact) mass is 203 g/mol. The largest absolute Gasteiger partial charge is 0.268 e. The Morgan fingerprint density at radius 3 is 2.38 bits per heavy atom. The molecule has 0 aromatic rings. The molecule has 1 aliphatic rings. The number of likely N-dealkylation sites (N-methyl/N-ethyl adjacent to an activating group) is 1. The number of nitrogens with zero attached hydrogens (tertiary/aromatic N) is 1. The van der Waals surface area contributed by atoms with Crippen molar-refractivity contribution in [2.75, 3.05) is 7.05 Å². The summed E-state index contributed by atoms with van der Waals surface area (Å²) in [6.07, 6.45) is 2.02. The molecule has 1 atom stereocenters. The Labute approximate surface area is 78.3 Å². The summed E-state index contributed by atoms with van der Waals surface area (Å²) >= 11 is 0. The fraction of sp³-hybridized carbons (Fsp3) is 0.625. The van der Waals surface area contributed by atoms with Gasteiger partial charge < -0.3 is 0 Å². The van der Waals surface area contributed by atoms with Crippen molar-refractivity contribution in [1.29, 1.82) is 0 Å². The minimum atomic E-state index is -3.41. The van der Waals surface area contributed by atoms with Gasteiger partial charge in [-0.1, -0.05) is 13.0 Å². The van der Waals surface area contributed by atoms with Gasteiger partial charge in [0.05, 0.1) is 0 Å². The summed E-state index contributed by atoms with van der Waals surface area (Å²) in [6, 6.07) is 0. The third-order valence-corrected chi connectivity index (χ3v) is 4.54. The van der Waals surface area contributed by atoms with Gasteiger partial charge in [0, 0.05) is 12.6 Å². The molecule has 74 valence electrons. The second-order valence-corrected chi connectivity index (χ2v) is 5.11. The lowest BCUT2D eigenvalue weighted by molar-refractivity contribution is -0.121. The molecular formula is C8H13NO3S. The van der Waals surface area contributed by atoms with Crippen LogP contribution in [0.3, 0.4) is 0 Å². The van der Waals surface area contributed by atoms with Gasteiger partial charge in [-0.2, -0.15) is 0 Å². The zero-order valence-electron chi connectivity index (χ0n) is 7.94. The average molecular weight is 203 g/mol. The summed E-state index contributed by atoms with van der Waals surface area (Å²) in [5, 5.41) is -0.644. The van der Waals surface area contributed by atoms with Crippen LogP contribution in [0.5, 0.6) is 0 Å². The van der Waals surface area contributed by atoms with E-state index >= 15 is 0 Å². The van der Waals surface area contributed by atoms with Crippen LogP contribution in [0.15, 0.2) is 11.6 Å². The Bertz CT molecular complexity index is 356. The normalized spacial score (nSPS) is 30.1. The van der Waals surface area contributed by atoms with Crippen molar-refractivity contribution in [3.05, 3.63) is 11.6 Å². The number of allylic oxidation sites excluding steroid dienone is 1. The Kier molecular flexibility index (Phi) is 2.47. The maximum atomic E-state index is 11.6. The van der Waals surface area contributed by atoms with Crippen LogP contribution >= 0.6 is 0 Å². The van der Waals surface area contributed by atoms with Crippen molar-refractivity contribution in [2.45, 2.75) is 25.5 Å². The van der Waals surface area contributed by atoms with Gasteiger partial charge in [-0.15, -0.1) is 0 Å². The highest BCUT2D eigenvalue weighted by molar-refractivity contribution is 7.91. The van der Waals surface area contributed by atoms with E-state index in [1.54, 1.807) is 19.9 Å². The zero-order valence-corrected chi connectivity index (χ0v) is 8.76. The van der Waals surface area contributed by atoms with E-state index in [2.05, 4.69) is 0 Å². The number of amides is 1. The van der Waals surface area contributed by atoms with E-state index in [0.717, 1.165) is 4.31 Å². The molecule has 0 aromatic heterocycles. The summed E-state index contributed by atoms with van der Waals surface area (Å²) in [7, 11) is -2.11. The zero-order chi connectivity index (χ0) is 10.2. The van der Waals surface area contributed by atoms with Crippen LogP contribution in [0.2, 0.25) is 0 Å². The molecule has 0 aromatic carbocycles. The van der Waals surface area contributed by atoms with Gasteiger partial charge in [0.2, 0.25) is 10.0 Å². The molecule has 0 aliphatic carbocycles. The SMILES string of the molecule is C/C=C1\C(=O)N(C)S(=O)(=O)C1CC. The Morgan fingerprint density at radius 1 is 1.54 bits per heavy atom. The quantitative estimate of drug-likeness (QED) is 0.583. The predicted molar refractivity (Wildman–Crippen MR) is 49.5 cm³/mol. The van der Waals surface area contributed by atoms with Crippen LogP contribution in [0.25, 0.3) is 0 Å². The molecule has 13 heavy (non-hydrogen) atoms. The second kappa shape index (κ2) is 3.14. The third-order valence-electron chi connectivity index (χ3n) is 2.30. The molecule has 0 radical (unpaired) electrons. The lowest BCUT2D eigenvalue weighted by atomic mass is 10.1. The van der Waals surface area contributed by atoms with Gasteiger partial charge in [-0.3, -0.25) is 4.79 Å². The molecule has 1 unspecified atom stereocenters. The van der Waals surface area contributed by atoms with Crippen molar-refractivity contribution >= 4 is 15.9 Å². The van der Waals surface area contributed by atoms with E-state index in [1.165, 1.54) is 7.05 Å². The van der Waals surface area contributed by atoms with Crippen molar-refractivity contribution in [2.24, 2.45) is 0 Å². The second-order valence-electron chi connectivity index (χ2n) is 2.96. The molecule has 1 aliphatic heterocycles. The van der Waals surface area contributed by atoms with Crippen molar-refractivity contribution < 1.29 is 13.2 Å². The molecule has 0 bridgehead atoms. The molecule has 1 saturated heterocycles. The number of carbonyl (C=O) groups is 1. The van der Waals surface area contributed by atoms with E-state index in [0.29, 0.717) is 12.0 Å². The minimum absolute atomic E-state index is 0.394. The summed E-state index contributed by atoms with van der Waals surface area (Å²) in [5.74, 6) is -0.394. The summed E-state index contributed by atoms with van der Waals surface area (Å²) < 4.78 is 24.0. The number of rotatable bonds is 1. The lowest BCUT2D eigenvalue weighted by Crippen LogP contribution is -2.27. The predicted octanol–water partition coefficient (Wildman–Crippen LogP) is 0.513. The van der Waals surface area contributed by atoms with Gasteiger partial charge >= 0.3 is 0 Å². The first kappa shape index (κ1) is 10.2. The van der Waals surface area contributed by atoms with Crippen LogP contribution < -0.4 is 0 Å². The minimum Gasteiger partial charge on any atom is -0.268 e. The van der Waals surface area contributed by atoms with Crippen molar-refractivity contribution in [3.8, 4) is 0 Å². The number of sulfonamides is 1. The van der Waals surface area contributed by atoms with Crippen LogP contribution in [0, 0.1) is 0 Å². The highest BCUT2D eigenvalue weighted by Gasteiger charge is 2.44. The maximum absolute atomic E-state index is 11.6. The molecule has 0 saturated carbocycles. The van der Waals surface area contributed by atoms with E-state index in [-0.39, 0.29) is 0 Å². The first-order chi connectivity index (χ1) is 5.96. The molecular weight excluding hydrogens is 190 g/mol. The smallest absolute Gasteiger partial charge is 0.264 e. The average Bonchev–Trinajstić information content (AvgIpc) is 2.25. The number of carbonyl (C=O) groups excluding carboxylic acids is 1.